The highest BCUT2D eigenvalue weighted by molar-refractivity contribution is 7.24. The summed E-state index contributed by atoms with van der Waals surface area (Å²) in [5.74, 6) is 0.293. The molecule has 4 heteroatoms. The molecule has 0 N–H and O–H groups in total. The summed E-state index contributed by atoms with van der Waals surface area (Å²) < 4.78 is 3.78. The molecule has 68 valence electrons. The fourth-order valence-electron chi connectivity index (χ4n) is 1.54. The molecule has 0 bridgehead atoms. The van der Waals surface area contributed by atoms with Crippen molar-refractivity contribution in [2.45, 2.75) is 12.8 Å². The molecule has 13 heavy (non-hydrogen) atoms. The van der Waals surface area contributed by atoms with Gasteiger partial charge in [-0.25, -0.2) is 4.58 Å². The molecule has 0 aromatic carbocycles. The Balaban J connectivity index is 2.17. The van der Waals surface area contributed by atoms with Gasteiger partial charge in [-0.15, -0.1) is 0 Å². The molecular weight excluding hydrogens is 200 g/mol. The van der Waals surface area contributed by atoms with E-state index < -0.39 is 0 Å². The van der Waals surface area contributed by atoms with Crippen molar-refractivity contribution < 1.29 is 0 Å². The zero-order chi connectivity index (χ0) is 9.10. The van der Waals surface area contributed by atoms with Gasteiger partial charge in [-0.2, -0.15) is 5.26 Å². The molecule has 0 saturated carbocycles. The maximum atomic E-state index is 8.74. The summed E-state index contributed by atoms with van der Waals surface area (Å²) >= 11 is 3.60. The first kappa shape index (κ1) is 8.92. The molecule has 1 aliphatic rings. The Morgan fingerprint density at radius 3 is 2.46 bits per heavy atom. The molecule has 2 heterocycles. The van der Waals surface area contributed by atoms with Crippen LogP contribution in [0.5, 0.6) is 0 Å². The van der Waals surface area contributed by atoms with Crippen LogP contribution in [0.4, 0.5) is 0 Å². The summed E-state index contributed by atoms with van der Waals surface area (Å²) in [6.07, 6.45) is 2.06. The van der Waals surface area contributed by atoms with Crippen molar-refractivity contribution in [1.29, 1.82) is 5.26 Å². The Hall–Kier alpha value is -0.660. The summed E-state index contributed by atoms with van der Waals surface area (Å²) in [7, 11) is 0. The smallest absolute Gasteiger partial charge is 0.212 e. The van der Waals surface area contributed by atoms with Crippen molar-refractivity contribution in [2.24, 2.45) is 5.92 Å². The lowest BCUT2D eigenvalue weighted by molar-refractivity contribution is 0.399. The van der Waals surface area contributed by atoms with E-state index in [1.165, 1.54) is 3.98 Å². The number of nitriles is 1. The van der Waals surface area contributed by atoms with Gasteiger partial charge in [0.2, 0.25) is 0 Å². The summed E-state index contributed by atoms with van der Waals surface area (Å²) in [4.78, 5) is 0. The lowest BCUT2D eigenvalue weighted by Crippen LogP contribution is -2.34. The fourth-order valence-corrected chi connectivity index (χ4v) is 3.44. The van der Waals surface area contributed by atoms with Gasteiger partial charge >= 0.3 is 3.98 Å². The van der Waals surface area contributed by atoms with Crippen LogP contribution in [0.1, 0.15) is 12.8 Å². The van der Waals surface area contributed by atoms with Crippen LogP contribution in [-0.2, 0) is 0 Å². The van der Waals surface area contributed by atoms with E-state index in [4.69, 9.17) is 5.26 Å². The predicted molar refractivity (Wildman–Crippen MR) is 55.5 cm³/mol. The Labute approximate surface area is 85.4 Å². The van der Waals surface area contributed by atoms with Crippen molar-refractivity contribution in [3.05, 3.63) is 14.7 Å². The van der Waals surface area contributed by atoms with Gasteiger partial charge in [-0.1, -0.05) is 22.7 Å². The fraction of sp³-hybridized carbons (Fsp3) is 0.556. The van der Waals surface area contributed by atoms with Crippen LogP contribution < -0.4 is 8.56 Å². The van der Waals surface area contributed by atoms with Gasteiger partial charge in [0.05, 0.1) is 12.0 Å². The third-order valence-corrected chi connectivity index (χ3v) is 4.54. The number of hydrogen-bond acceptors (Lipinski definition) is 3. The molecule has 2 rings (SSSR count). The maximum absolute atomic E-state index is 8.74. The Morgan fingerprint density at radius 1 is 1.31 bits per heavy atom. The summed E-state index contributed by atoms with van der Waals surface area (Å²) in [6, 6.07) is 2.35. The highest BCUT2D eigenvalue weighted by Gasteiger charge is 2.21. The van der Waals surface area contributed by atoms with Gasteiger partial charge in [-0.3, -0.25) is 0 Å². The zero-order valence-corrected chi connectivity index (χ0v) is 8.90. The third-order valence-electron chi connectivity index (χ3n) is 2.33. The van der Waals surface area contributed by atoms with E-state index in [2.05, 4.69) is 21.4 Å². The molecule has 1 aromatic rings. The summed E-state index contributed by atoms with van der Waals surface area (Å²) in [5.41, 5.74) is 0. The normalized spacial score (nSPS) is 22.7. The molecule has 0 amide bonds. The minimum Gasteiger partial charge on any atom is -0.212 e. The molecular formula is C9H11N2S2+. The number of rotatable bonds is 0. The summed E-state index contributed by atoms with van der Waals surface area (Å²) in [6.45, 7) is 2.10. The first-order valence-corrected chi connectivity index (χ1v) is 6.16. The largest absolute Gasteiger partial charge is 0.313 e. The van der Waals surface area contributed by atoms with E-state index >= 15 is 0 Å². The number of hydrogen-bond donors (Lipinski definition) is 0. The monoisotopic (exact) mass is 211 g/mol. The highest BCUT2D eigenvalue weighted by atomic mass is 32.2. The van der Waals surface area contributed by atoms with Crippen LogP contribution in [0.15, 0.2) is 10.8 Å². The van der Waals surface area contributed by atoms with E-state index in [1.807, 2.05) is 0 Å². The lowest BCUT2D eigenvalue weighted by atomic mass is 10.00. The minimum absolute atomic E-state index is 0.293. The SMILES string of the molecule is N#CC1CC[N+](=c2sccs2)CC1. The van der Waals surface area contributed by atoms with E-state index in [0.717, 1.165) is 25.9 Å². The van der Waals surface area contributed by atoms with Crippen molar-refractivity contribution >= 4 is 22.7 Å². The van der Waals surface area contributed by atoms with Crippen molar-refractivity contribution in [2.75, 3.05) is 13.1 Å². The molecule has 1 fully saturated rings. The van der Waals surface area contributed by atoms with Gasteiger partial charge in [0.1, 0.15) is 13.1 Å². The molecule has 2 nitrogen and oxygen atoms in total. The van der Waals surface area contributed by atoms with Crippen LogP contribution in [0.25, 0.3) is 0 Å². The second kappa shape index (κ2) is 4.03. The number of nitrogens with zero attached hydrogens (tertiary/aromatic N) is 2. The van der Waals surface area contributed by atoms with Gasteiger partial charge in [0.15, 0.2) is 0 Å². The maximum Gasteiger partial charge on any atom is 0.313 e. The van der Waals surface area contributed by atoms with Gasteiger partial charge in [0.25, 0.3) is 0 Å². The van der Waals surface area contributed by atoms with Gasteiger partial charge in [-0.05, 0) is 0 Å². The number of piperidine rings is 1. The standard InChI is InChI=1S/C9H11N2S2/c10-7-8-1-3-11(4-2-8)9-12-5-6-13-9/h5-6,8H,1-4H2/q+1. The van der Waals surface area contributed by atoms with Crippen LogP contribution in [0.3, 0.4) is 0 Å². The van der Waals surface area contributed by atoms with E-state index in [-0.39, 0.29) is 0 Å². The van der Waals surface area contributed by atoms with E-state index in [9.17, 15) is 0 Å². The quantitative estimate of drug-likeness (QED) is 0.598. The lowest BCUT2D eigenvalue weighted by Gasteiger charge is -2.12. The van der Waals surface area contributed by atoms with Crippen molar-refractivity contribution in [3.63, 3.8) is 0 Å². The Kier molecular flexibility index (Phi) is 2.77. The molecule has 0 unspecified atom stereocenters. The van der Waals surface area contributed by atoms with Crippen molar-refractivity contribution in [1.82, 2.24) is 4.58 Å². The first-order valence-electron chi connectivity index (χ1n) is 4.40. The van der Waals surface area contributed by atoms with E-state index in [1.54, 1.807) is 22.7 Å². The Morgan fingerprint density at radius 2 is 1.92 bits per heavy atom. The average Bonchev–Trinajstić information content (AvgIpc) is 2.71. The predicted octanol–water partition coefficient (Wildman–Crippen LogP) is 1.52. The van der Waals surface area contributed by atoms with E-state index in [0.29, 0.717) is 5.92 Å². The van der Waals surface area contributed by atoms with Crippen LogP contribution in [0.2, 0.25) is 0 Å². The molecule has 0 aliphatic carbocycles. The average molecular weight is 211 g/mol. The zero-order valence-electron chi connectivity index (χ0n) is 7.27. The first-order chi connectivity index (χ1) is 6.40. The molecule has 0 atom stereocenters. The second-order valence-corrected chi connectivity index (χ2v) is 5.21. The van der Waals surface area contributed by atoms with Crippen LogP contribution >= 0.6 is 22.7 Å². The second-order valence-electron chi connectivity index (χ2n) is 3.16. The van der Waals surface area contributed by atoms with Crippen molar-refractivity contribution in [3.8, 4) is 6.07 Å². The third kappa shape index (κ3) is 1.98. The molecule has 1 aliphatic heterocycles. The molecule has 0 radical (unpaired) electrons. The molecule has 0 spiro atoms. The highest BCUT2D eigenvalue weighted by Crippen LogP contribution is 2.11. The molecule has 1 aromatic heterocycles. The van der Waals surface area contributed by atoms with Gasteiger partial charge < -0.3 is 0 Å². The Bertz CT molecular complexity index is 356. The topological polar surface area (TPSA) is 26.8 Å². The van der Waals surface area contributed by atoms with Crippen LogP contribution in [0, 0.1) is 17.2 Å². The summed E-state index contributed by atoms with van der Waals surface area (Å²) in [5, 5.41) is 13.0. The minimum atomic E-state index is 0.293. The molecule has 1 saturated heterocycles. The van der Waals surface area contributed by atoms with Crippen LogP contribution in [-0.4, -0.2) is 13.1 Å². The van der Waals surface area contributed by atoms with Gasteiger partial charge in [0, 0.05) is 23.6 Å².